The first-order valence-electron chi connectivity index (χ1n) is 8.03. The van der Waals surface area contributed by atoms with Gasteiger partial charge in [0, 0.05) is 32.7 Å². The Morgan fingerprint density at radius 2 is 1.48 bits per heavy atom. The molecule has 1 saturated heterocycles. The normalized spacial score (nSPS) is 15.4. The summed E-state index contributed by atoms with van der Waals surface area (Å²) in [6, 6.07) is 19.9. The van der Waals surface area contributed by atoms with Crippen LogP contribution >= 0.6 is 0 Å². The van der Waals surface area contributed by atoms with Crippen molar-refractivity contribution in [3.8, 4) is 5.75 Å². The van der Waals surface area contributed by atoms with E-state index in [4.69, 9.17) is 4.74 Å². The lowest BCUT2D eigenvalue weighted by Crippen LogP contribution is -2.49. The molecule has 120 valence electrons. The molecule has 1 aliphatic heterocycles. The lowest BCUT2D eigenvalue weighted by molar-refractivity contribution is -0.135. The number of benzene rings is 2. The SMILES string of the molecule is O=C(COc1ccccc1)N1CCN(Cc2ccccc2)CC1. The molecule has 1 aliphatic rings. The van der Waals surface area contributed by atoms with Gasteiger partial charge in [0.05, 0.1) is 0 Å². The van der Waals surface area contributed by atoms with Gasteiger partial charge in [-0.2, -0.15) is 0 Å². The average Bonchev–Trinajstić information content (AvgIpc) is 2.62. The maximum Gasteiger partial charge on any atom is 0.260 e. The van der Waals surface area contributed by atoms with E-state index in [2.05, 4.69) is 29.2 Å². The average molecular weight is 310 g/mol. The Labute approximate surface area is 137 Å². The van der Waals surface area contributed by atoms with E-state index in [0.717, 1.165) is 38.5 Å². The molecule has 0 bridgehead atoms. The zero-order valence-electron chi connectivity index (χ0n) is 13.2. The largest absolute Gasteiger partial charge is 0.484 e. The summed E-state index contributed by atoms with van der Waals surface area (Å²) in [4.78, 5) is 16.5. The number of amides is 1. The molecule has 0 aliphatic carbocycles. The van der Waals surface area contributed by atoms with Gasteiger partial charge in [0.1, 0.15) is 5.75 Å². The van der Waals surface area contributed by atoms with Crippen LogP contribution in [0.3, 0.4) is 0 Å². The lowest BCUT2D eigenvalue weighted by atomic mass is 10.2. The Morgan fingerprint density at radius 1 is 0.870 bits per heavy atom. The number of ether oxygens (including phenoxy) is 1. The molecular formula is C19H22N2O2. The monoisotopic (exact) mass is 310 g/mol. The molecule has 2 aromatic carbocycles. The van der Waals surface area contributed by atoms with Gasteiger partial charge in [0.2, 0.25) is 0 Å². The summed E-state index contributed by atoms with van der Waals surface area (Å²) in [6.07, 6.45) is 0. The molecule has 1 heterocycles. The first-order chi connectivity index (χ1) is 11.3. The molecule has 0 atom stereocenters. The number of rotatable bonds is 5. The minimum atomic E-state index is 0.0632. The number of hydrogen-bond donors (Lipinski definition) is 0. The van der Waals surface area contributed by atoms with Crippen LogP contribution in [0.15, 0.2) is 60.7 Å². The lowest BCUT2D eigenvalue weighted by Gasteiger charge is -2.34. The molecule has 23 heavy (non-hydrogen) atoms. The highest BCUT2D eigenvalue weighted by Crippen LogP contribution is 2.11. The van der Waals surface area contributed by atoms with Gasteiger partial charge in [-0.1, -0.05) is 48.5 Å². The number of carbonyl (C=O) groups excluding carboxylic acids is 1. The van der Waals surface area contributed by atoms with Crippen LogP contribution in [-0.2, 0) is 11.3 Å². The fourth-order valence-corrected chi connectivity index (χ4v) is 2.75. The Balaban J connectivity index is 1.42. The maximum atomic E-state index is 12.2. The van der Waals surface area contributed by atoms with Crippen LogP contribution in [0.5, 0.6) is 5.75 Å². The first kappa shape index (κ1) is 15.6. The molecule has 0 spiro atoms. The van der Waals surface area contributed by atoms with Crippen LogP contribution in [-0.4, -0.2) is 48.5 Å². The van der Waals surface area contributed by atoms with Gasteiger partial charge < -0.3 is 9.64 Å². The van der Waals surface area contributed by atoms with Crippen molar-refractivity contribution in [1.82, 2.24) is 9.80 Å². The van der Waals surface area contributed by atoms with Gasteiger partial charge in [-0.25, -0.2) is 0 Å². The van der Waals surface area contributed by atoms with Crippen LogP contribution in [0.2, 0.25) is 0 Å². The Morgan fingerprint density at radius 3 is 2.13 bits per heavy atom. The van der Waals surface area contributed by atoms with E-state index in [1.807, 2.05) is 41.3 Å². The minimum Gasteiger partial charge on any atom is -0.484 e. The molecule has 1 amide bonds. The summed E-state index contributed by atoms with van der Waals surface area (Å²) in [5.74, 6) is 0.803. The summed E-state index contributed by atoms with van der Waals surface area (Å²) in [6.45, 7) is 4.41. The summed E-state index contributed by atoms with van der Waals surface area (Å²) >= 11 is 0. The molecule has 0 unspecified atom stereocenters. The van der Waals surface area contributed by atoms with Gasteiger partial charge in [0.15, 0.2) is 6.61 Å². The maximum absolute atomic E-state index is 12.2. The molecule has 0 aromatic heterocycles. The van der Waals surface area contributed by atoms with Crippen LogP contribution < -0.4 is 4.74 Å². The van der Waals surface area contributed by atoms with Crippen molar-refractivity contribution in [2.24, 2.45) is 0 Å². The second-order valence-electron chi connectivity index (χ2n) is 5.74. The highest BCUT2D eigenvalue weighted by atomic mass is 16.5. The molecule has 4 nitrogen and oxygen atoms in total. The Hall–Kier alpha value is -2.33. The molecule has 1 fully saturated rings. The second kappa shape index (κ2) is 7.79. The van der Waals surface area contributed by atoms with Gasteiger partial charge in [-0.3, -0.25) is 9.69 Å². The van der Waals surface area contributed by atoms with Crippen molar-refractivity contribution < 1.29 is 9.53 Å². The number of nitrogens with zero attached hydrogens (tertiary/aromatic N) is 2. The van der Waals surface area contributed by atoms with Crippen LogP contribution in [0.25, 0.3) is 0 Å². The smallest absolute Gasteiger partial charge is 0.260 e. The van der Waals surface area contributed by atoms with E-state index < -0.39 is 0 Å². The fourth-order valence-electron chi connectivity index (χ4n) is 2.75. The summed E-state index contributed by atoms with van der Waals surface area (Å²) in [5, 5.41) is 0. The second-order valence-corrected chi connectivity index (χ2v) is 5.74. The third-order valence-electron chi connectivity index (χ3n) is 4.08. The zero-order valence-corrected chi connectivity index (χ0v) is 13.2. The predicted molar refractivity (Wildman–Crippen MR) is 90.2 cm³/mol. The quantitative estimate of drug-likeness (QED) is 0.850. The highest BCUT2D eigenvalue weighted by Gasteiger charge is 2.21. The predicted octanol–water partition coefficient (Wildman–Crippen LogP) is 2.41. The molecule has 0 saturated carbocycles. The summed E-state index contributed by atoms with van der Waals surface area (Å²) in [7, 11) is 0. The molecule has 2 aromatic rings. The third-order valence-corrected chi connectivity index (χ3v) is 4.08. The Kier molecular flexibility index (Phi) is 5.27. The van der Waals surface area contributed by atoms with E-state index in [1.165, 1.54) is 5.56 Å². The molecular weight excluding hydrogens is 288 g/mol. The Bertz CT molecular complexity index is 608. The van der Waals surface area contributed by atoms with E-state index in [-0.39, 0.29) is 12.5 Å². The topological polar surface area (TPSA) is 32.8 Å². The number of hydrogen-bond acceptors (Lipinski definition) is 3. The molecule has 0 N–H and O–H groups in total. The van der Waals surface area contributed by atoms with Crippen molar-refractivity contribution in [1.29, 1.82) is 0 Å². The number of piperazine rings is 1. The highest BCUT2D eigenvalue weighted by molar-refractivity contribution is 5.77. The molecule has 0 radical (unpaired) electrons. The fraction of sp³-hybridized carbons (Fsp3) is 0.316. The van der Waals surface area contributed by atoms with Crippen molar-refractivity contribution in [3.05, 3.63) is 66.2 Å². The van der Waals surface area contributed by atoms with Crippen molar-refractivity contribution in [3.63, 3.8) is 0 Å². The summed E-state index contributed by atoms with van der Waals surface area (Å²) in [5.41, 5.74) is 1.32. The van der Waals surface area contributed by atoms with Crippen LogP contribution in [0.4, 0.5) is 0 Å². The van der Waals surface area contributed by atoms with Gasteiger partial charge in [-0.05, 0) is 17.7 Å². The van der Waals surface area contributed by atoms with Crippen LogP contribution in [0, 0.1) is 0 Å². The summed E-state index contributed by atoms with van der Waals surface area (Å²) < 4.78 is 5.54. The third kappa shape index (κ3) is 4.57. The number of para-hydroxylation sites is 1. The number of carbonyl (C=O) groups is 1. The van der Waals surface area contributed by atoms with E-state index in [9.17, 15) is 4.79 Å². The van der Waals surface area contributed by atoms with E-state index >= 15 is 0 Å². The molecule has 4 heteroatoms. The minimum absolute atomic E-state index is 0.0632. The zero-order chi connectivity index (χ0) is 15.9. The van der Waals surface area contributed by atoms with Gasteiger partial charge in [0.25, 0.3) is 5.91 Å². The van der Waals surface area contributed by atoms with E-state index in [1.54, 1.807) is 0 Å². The van der Waals surface area contributed by atoms with E-state index in [0.29, 0.717) is 0 Å². The standard InChI is InChI=1S/C19H22N2O2/c22-19(16-23-18-9-5-2-6-10-18)21-13-11-20(12-14-21)15-17-7-3-1-4-8-17/h1-10H,11-16H2. The van der Waals surface area contributed by atoms with Gasteiger partial charge in [-0.15, -0.1) is 0 Å². The van der Waals surface area contributed by atoms with Crippen LogP contribution in [0.1, 0.15) is 5.56 Å². The molecule has 3 rings (SSSR count). The van der Waals surface area contributed by atoms with Crippen molar-refractivity contribution >= 4 is 5.91 Å². The first-order valence-corrected chi connectivity index (χ1v) is 8.03. The van der Waals surface area contributed by atoms with Gasteiger partial charge >= 0.3 is 0 Å². The van der Waals surface area contributed by atoms with Crippen molar-refractivity contribution in [2.45, 2.75) is 6.54 Å². The van der Waals surface area contributed by atoms with Crippen molar-refractivity contribution in [2.75, 3.05) is 32.8 Å².